The van der Waals surface area contributed by atoms with Crippen molar-refractivity contribution in [3.8, 4) is 0 Å². The molecule has 0 saturated heterocycles. The van der Waals surface area contributed by atoms with E-state index in [1.807, 2.05) is 24.4 Å². The minimum Gasteiger partial charge on any atom is -0.326 e. The van der Waals surface area contributed by atoms with Crippen molar-refractivity contribution in [2.45, 2.75) is 32.0 Å². The van der Waals surface area contributed by atoms with Gasteiger partial charge in [-0.2, -0.15) is 0 Å². The second-order valence-corrected chi connectivity index (χ2v) is 6.22. The van der Waals surface area contributed by atoms with E-state index in [1.54, 1.807) is 0 Å². The van der Waals surface area contributed by atoms with E-state index in [1.165, 1.54) is 5.56 Å². The van der Waals surface area contributed by atoms with Crippen LogP contribution in [-0.2, 0) is 6.54 Å². The Labute approximate surface area is 135 Å². The number of likely N-dealkylation sites (N-methyl/N-ethyl adjacent to an activating group) is 1. The number of aromatic nitrogens is 1. The monoisotopic (exact) mass is 347 g/mol. The van der Waals surface area contributed by atoms with Gasteiger partial charge < -0.3 is 5.73 Å². The van der Waals surface area contributed by atoms with Crippen LogP contribution >= 0.6 is 15.9 Å². The molecule has 3 nitrogen and oxygen atoms in total. The molecule has 0 aliphatic rings. The third-order valence-corrected chi connectivity index (χ3v) is 4.23. The Morgan fingerprint density at radius 2 is 1.90 bits per heavy atom. The Hall–Kier alpha value is -1.23. The first-order valence-electron chi connectivity index (χ1n) is 7.23. The first-order chi connectivity index (χ1) is 10.1. The summed E-state index contributed by atoms with van der Waals surface area (Å²) in [6, 6.07) is 14.7. The summed E-state index contributed by atoms with van der Waals surface area (Å²) in [7, 11) is 2.11. The molecule has 0 aliphatic carbocycles. The Kier molecular flexibility index (Phi) is 5.91. The van der Waals surface area contributed by atoms with Crippen LogP contribution in [-0.4, -0.2) is 23.0 Å². The van der Waals surface area contributed by atoms with E-state index in [9.17, 15) is 0 Å². The third kappa shape index (κ3) is 4.37. The quantitative estimate of drug-likeness (QED) is 0.864. The summed E-state index contributed by atoms with van der Waals surface area (Å²) in [5.74, 6) is 0. The van der Waals surface area contributed by atoms with Gasteiger partial charge in [0.15, 0.2) is 0 Å². The molecule has 2 aromatic rings. The van der Waals surface area contributed by atoms with Crippen LogP contribution in [0.1, 0.15) is 30.6 Å². The van der Waals surface area contributed by atoms with Crippen LogP contribution < -0.4 is 5.73 Å². The van der Waals surface area contributed by atoms with Gasteiger partial charge in [0.1, 0.15) is 0 Å². The van der Waals surface area contributed by atoms with Crippen molar-refractivity contribution in [3.05, 3.63) is 64.4 Å². The van der Waals surface area contributed by atoms with Gasteiger partial charge in [0.2, 0.25) is 0 Å². The average molecular weight is 348 g/mol. The Morgan fingerprint density at radius 1 is 1.19 bits per heavy atom. The molecule has 21 heavy (non-hydrogen) atoms. The Bertz CT molecular complexity index is 542. The van der Waals surface area contributed by atoms with Gasteiger partial charge in [-0.1, -0.05) is 41.1 Å². The van der Waals surface area contributed by atoms with Crippen molar-refractivity contribution < 1.29 is 0 Å². The molecule has 4 heteroatoms. The van der Waals surface area contributed by atoms with Crippen LogP contribution in [0.5, 0.6) is 0 Å². The van der Waals surface area contributed by atoms with Gasteiger partial charge in [0.25, 0.3) is 0 Å². The van der Waals surface area contributed by atoms with Crippen LogP contribution in [0.15, 0.2) is 53.1 Å². The van der Waals surface area contributed by atoms with E-state index in [0.29, 0.717) is 0 Å². The largest absolute Gasteiger partial charge is 0.326 e. The molecule has 0 fully saturated rings. The lowest BCUT2D eigenvalue weighted by Crippen LogP contribution is -2.38. The fourth-order valence-electron chi connectivity index (χ4n) is 2.56. The molecule has 112 valence electrons. The molecule has 1 heterocycles. The molecule has 0 amide bonds. The third-order valence-electron chi connectivity index (χ3n) is 3.70. The molecule has 0 saturated carbocycles. The zero-order valence-corrected chi connectivity index (χ0v) is 14.1. The van der Waals surface area contributed by atoms with Crippen LogP contribution in [0.3, 0.4) is 0 Å². The van der Waals surface area contributed by atoms with Gasteiger partial charge >= 0.3 is 0 Å². The molecule has 0 aliphatic heterocycles. The van der Waals surface area contributed by atoms with Gasteiger partial charge in [-0.05, 0) is 43.3 Å². The smallest absolute Gasteiger partial charge is 0.0544 e. The van der Waals surface area contributed by atoms with Crippen molar-refractivity contribution in [2.24, 2.45) is 5.73 Å². The molecule has 1 aromatic carbocycles. The van der Waals surface area contributed by atoms with E-state index in [0.717, 1.165) is 23.1 Å². The van der Waals surface area contributed by atoms with Crippen LogP contribution in [0.4, 0.5) is 0 Å². The number of hydrogen-bond donors (Lipinski definition) is 1. The first-order valence-corrected chi connectivity index (χ1v) is 8.02. The van der Waals surface area contributed by atoms with Crippen LogP contribution in [0, 0.1) is 0 Å². The molecule has 2 atom stereocenters. The maximum atomic E-state index is 6.37. The van der Waals surface area contributed by atoms with Gasteiger partial charge in [-0.3, -0.25) is 9.88 Å². The Morgan fingerprint density at radius 3 is 2.48 bits per heavy atom. The van der Waals surface area contributed by atoms with Crippen molar-refractivity contribution in [2.75, 3.05) is 7.05 Å². The average Bonchev–Trinajstić information content (AvgIpc) is 2.50. The van der Waals surface area contributed by atoms with Crippen molar-refractivity contribution in [1.82, 2.24) is 9.88 Å². The SMILES string of the molecule is CCC(N)C(c1ccc(Br)cc1)N(C)Cc1ccccn1. The van der Waals surface area contributed by atoms with Crippen molar-refractivity contribution >= 4 is 15.9 Å². The first kappa shape index (κ1) is 16.1. The van der Waals surface area contributed by atoms with Gasteiger partial charge in [-0.15, -0.1) is 0 Å². The molecular weight excluding hydrogens is 326 g/mol. The van der Waals surface area contributed by atoms with E-state index >= 15 is 0 Å². The lowest BCUT2D eigenvalue weighted by Gasteiger charge is -2.32. The number of halogens is 1. The lowest BCUT2D eigenvalue weighted by molar-refractivity contribution is 0.199. The van der Waals surface area contributed by atoms with Crippen LogP contribution in [0.2, 0.25) is 0 Å². The second kappa shape index (κ2) is 7.69. The van der Waals surface area contributed by atoms with Gasteiger partial charge in [0, 0.05) is 29.3 Å². The molecule has 1 aromatic heterocycles. The van der Waals surface area contributed by atoms with Crippen molar-refractivity contribution in [1.29, 1.82) is 0 Å². The minimum atomic E-state index is 0.0971. The van der Waals surface area contributed by atoms with Gasteiger partial charge in [-0.25, -0.2) is 0 Å². The molecule has 2 N–H and O–H groups in total. The summed E-state index contributed by atoms with van der Waals surface area (Å²) in [4.78, 5) is 6.68. The maximum absolute atomic E-state index is 6.37. The molecule has 0 bridgehead atoms. The number of nitrogens with zero attached hydrogens (tertiary/aromatic N) is 2. The highest BCUT2D eigenvalue weighted by Gasteiger charge is 2.23. The highest BCUT2D eigenvalue weighted by atomic mass is 79.9. The fraction of sp³-hybridized carbons (Fsp3) is 0.353. The summed E-state index contributed by atoms with van der Waals surface area (Å²) in [6.45, 7) is 2.92. The summed E-state index contributed by atoms with van der Waals surface area (Å²) in [6.07, 6.45) is 2.77. The predicted octanol–water partition coefficient (Wildman–Crippen LogP) is 3.75. The van der Waals surface area contributed by atoms with E-state index in [4.69, 9.17) is 5.73 Å². The summed E-state index contributed by atoms with van der Waals surface area (Å²) in [5.41, 5.74) is 8.67. The molecular formula is C17H22BrN3. The summed E-state index contributed by atoms with van der Waals surface area (Å²) >= 11 is 3.48. The fourth-order valence-corrected chi connectivity index (χ4v) is 2.82. The zero-order chi connectivity index (χ0) is 15.2. The zero-order valence-electron chi connectivity index (χ0n) is 12.5. The maximum Gasteiger partial charge on any atom is 0.0544 e. The highest BCUT2D eigenvalue weighted by Crippen LogP contribution is 2.26. The van der Waals surface area contributed by atoms with Gasteiger partial charge in [0.05, 0.1) is 5.69 Å². The standard InChI is InChI=1S/C17H22BrN3/c1-3-16(19)17(13-7-9-14(18)10-8-13)21(2)12-15-6-4-5-11-20-15/h4-11,16-17H,3,12,19H2,1-2H3. The normalized spacial score (nSPS) is 14.1. The lowest BCUT2D eigenvalue weighted by atomic mass is 9.96. The Balaban J connectivity index is 2.21. The van der Waals surface area contributed by atoms with E-state index in [2.05, 4.69) is 64.1 Å². The number of nitrogens with two attached hydrogens (primary N) is 1. The number of pyridine rings is 1. The highest BCUT2D eigenvalue weighted by molar-refractivity contribution is 9.10. The molecule has 0 radical (unpaired) electrons. The topological polar surface area (TPSA) is 42.1 Å². The number of benzene rings is 1. The van der Waals surface area contributed by atoms with Crippen LogP contribution in [0.25, 0.3) is 0 Å². The second-order valence-electron chi connectivity index (χ2n) is 5.30. The molecule has 2 unspecified atom stereocenters. The number of rotatable bonds is 6. The molecule has 0 spiro atoms. The summed E-state index contributed by atoms with van der Waals surface area (Å²) < 4.78 is 1.09. The predicted molar refractivity (Wildman–Crippen MR) is 90.9 cm³/mol. The summed E-state index contributed by atoms with van der Waals surface area (Å²) in [5, 5.41) is 0. The number of hydrogen-bond acceptors (Lipinski definition) is 3. The minimum absolute atomic E-state index is 0.0971. The van der Waals surface area contributed by atoms with E-state index in [-0.39, 0.29) is 12.1 Å². The van der Waals surface area contributed by atoms with E-state index < -0.39 is 0 Å². The van der Waals surface area contributed by atoms with Crippen molar-refractivity contribution in [3.63, 3.8) is 0 Å². The molecule has 2 rings (SSSR count).